The number of nitrogens with zero attached hydrogens (tertiary/aromatic N) is 2. The second kappa shape index (κ2) is 7.93. The van der Waals surface area contributed by atoms with Crippen LogP contribution < -0.4 is 4.74 Å². The number of rotatable bonds is 6. The quantitative estimate of drug-likeness (QED) is 0.361. The summed E-state index contributed by atoms with van der Waals surface area (Å²) in [7, 11) is 0. The molecule has 0 fully saturated rings. The van der Waals surface area contributed by atoms with E-state index in [9.17, 15) is 0 Å². The molecular formula is C20H15BrN2O2S. The summed E-state index contributed by atoms with van der Waals surface area (Å²) in [5.74, 6) is 2.03. The predicted octanol–water partition coefficient (Wildman–Crippen LogP) is 5.86. The van der Waals surface area contributed by atoms with E-state index in [1.54, 1.807) is 0 Å². The highest BCUT2D eigenvalue weighted by atomic mass is 79.9. The molecule has 0 aliphatic heterocycles. The molecule has 0 atom stereocenters. The Hall–Kier alpha value is -2.31. The van der Waals surface area contributed by atoms with Crippen LogP contribution in [0.5, 0.6) is 5.75 Å². The zero-order valence-electron chi connectivity index (χ0n) is 13.8. The number of ether oxygens (including phenoxy) is 1. The summed E-state index contributed by atoms with van der Waals surface area (Å²) in [6.45, 7) is 0.254. The summed E-state index contributed by atoms with van der Waals surface area (Å²) in [4.78, 5) is 0. The van der Waals surface area contributed by atoms with Crippen LogP contribution in [-0.2, 0) is 12.4 Å². The average molecular weight is 427 g/mol. The second-order valence-electron chi connectivity index (χ2n) is 5.67. The monoisotopic (exact) mass is 426 g/mol. The Morgan fingerprint density at radius 3 is 2.58 bits per heavy atom. The average Bonchev–Trinajstić information content (AvgIpc) is 3.14. The lowest BCUT2D eigenvalue weighted by Gasteiger charge is -2.04. The molecule has 3 aromatic carbocycles. The summed E-state index contributed by atoms with van der Waals surface area (Å²) in [5.41, 5.74) is 1.20. The lowest BCUT2D eigenvalue weighted by molar-refractivity contribution is 0.252. The maximum absolute atomic E-state index is 5.78. The van der Waals surface area contributed by atoms with E-state index < -0.39 is 0 Å². The number of benzene rings is 3. The Morgan fingerprint density at radius 2 is 1.73 bits per heavy atom. The van der Waals surface area contributed by atoms with E-state index in [-0.39, 0.29) is 6.61 Å². The van der Waals surface area contributed by atoms with Crippen LogP contribution in [0.2, 0.25) is 0 Å². The standard InChI is InChI=1S/C20H15BrN2O2S/c21-17-8-5-14(6-9-17)13-26-20-23-22-19(25-20)12-24-18-10-7-15-3-1-2-4-16(15)11-18/h1-11H,12-13H2. The third kappa shape index (κ3) is 4.26. The molecule has 0 unspecified atom stereocenters. The fourth-order valence-corrected chi connectivity index (χ4v) is 3.48. The first kappa shape index (κ1) is 17.1. The zero-order valence-corrected chi connectivity index (χ0v) is 16.2. The molecule has 0 spiro atoms. The third-order valence-electron chi connectivity index (χ3n) is 3.81. The van der Waals surface area contributed by atoms with Crippen LogP contribution >= 0.6 is 27.7 Å². The number of hydrogen-bond acceptors (Lipinski definition) is 5. The largest absolute Gasteiger partial charge is 0.484 e. The van der Waals surface area contributed by atoms with Crippen LogP contribution in [0.4, 0.5) is 0 Å². The molecule has 0 radical (unpaired) electrons. The van der Waals surface area contributed by atoms with E-state index in [0.717, 1.165) is 21.4 Å². The number of aromatic nitrogens is 2. The predicted molar refractivity (Wildman–Crippen MR) is 106 cm³/mol. The first-order valence-electron chi connectivity index (χ1n) is 8.07. The van der Waals surface area contributed by atoms with Gasteiger partial charge in [-0.3, -0.25) is 0 Å². The van der Waals surface area contributed by atoms with Gasteiger partial charge in [-0.1, -0.05) is 70.2 Å². The fourth-order valence-electron chi connectivity index (χ4n) is 2.48. The van der Waals surface area contributed by atoms with Crippen LogP contribution in [0.3, 0.4) is 0 Å². The van der Waals surface area contributed by atoms with E-state index >= 15 is 0 Å². The first-order chi connectivity index (χ1) is 12.8. The molecule has 1 aromatic heterocycles. The third-order valence-corrected chi connectivity index (χ3v) is 5.23. The van der Waals surface area contributed by atoms with E-state index in [4.69, 9.17) is 9.15 Å². The minimum Gasteiger partial charge on any atom is -0.484 e. The van der Waals surface area contributed by atoms with Crippen LogP contribution in [0.25, 0.3) is 10.8 Å². The summed E-state index contributed by atoms with van der Waals surface area (Å²) >= 11 is 4.95. The Bertz CT molecular complexity index is 1020. The molecular weight excluding hydrogens is 412 g/mol. The number of halogens is 1. The van der Waals surface area contributed by atoms with Gasteiger partial charge < -0.3 is 9.15 Å². The van der Waals surface area contributed by atoms with Crippen LogP contribution in [0.1, 0.15) is 11.5 Å². The molecule has 0 saturated carbocycles. The van der Waals surface area contributed by atoms with Crippen molar-refractivity contribution in [2.24, 2.45) is 0 Å². The van der Waals surface area contributed by atoms with E-state index in [0.29, 0.717) is 11.1 Å². The van der Waals surface area contributed by atoms with Crippen molar-refractivity contribution in [3.05, 3.63) is 82.7 Å². The van der Waals surface area contributed by atoms with Gasteiger partial charge in [-0.25, -0.2) is 0 Å². The minimum atomic E-state index is 0.254. The molecule has 0 aliphatic rings. The van der Waals surface area contributed by atoms with Crippen molar-refractivity contribution in [1.82, 2.24) is 10.2 Å². The zero-order chi connectivity index (χ0) is 17.8. The molecule has 0 aliphatic carbocycles. The van der Waals surface area contributed by atoms with Crippen molar-refractivity contribution in [2.75, 3.05) is 0 Å². The van der Waals surface area contributed by atoms with Crippen molar-refractivity contribution in [1.29, 1.82) is 0 Å². The van der Waals surface area contributed by atoms with Crippen molar-refractivity contribution < 1.29 is 9.15 Å². The van der Waals surface area contributed by atoms with Gasteiger partial charge >= 0.3 is 0 Å². The van der Waals surface area contributed by atoms with Gasteiger partial charge in [0.15, 0.2) is 6.61 Å². The summed E-state index contributed by atoms with van der Waals surface area (Å²) in [6.07, 6.45) is 0. The SMILES string of the molecule is Brc1ccc(CSc2nnc(COc3ccc4ccccc4c3)o2)cc1. The van der Waals surface area contributed by atoms with Gasteiger partial charge in [0.2, 0.25) is 0 Å². The molecule has 0 N–H and O–H groups in total. The van der Waals surface area contributed by atoms with Gasteiger partial charge in [0.25, 0.3) is 11.1 Å². The molecule has 0 saturated heterocycles. The Kier molecular flexibility index (Phi) is 5.22. The van der Waals surface area contributed by atoms with E-state index in [2.05, 4.69) is 50.4 Å². The Labute approximate surface area is 163 Å². The van der Waals surface area contributed by atoms with E-state index in [1.807, 2.05) is 42.5 Å². The van der Waals surface area contributed by atoms with Crippen LogP contribution in [-0.4, -0.2) is 10.2 Å². The number of thioether (sulfide) groups is 1. The Balaban J connectivity index is 1.34. The lowest BCUT2D eigenvalue weighted by Crippen LogP contribution is -1.95. The van der Waals surface area contributed by atoms with Crippen molar-refractivity contribution in [2.45, 2.75) is 17.6 Å². The lowest BCUT2D eigenvalue weighted by atomic mass is 10.1. The maximum Gasteiger partial charge on any atom is 0.277 e. The van der Waals surface area contributed by atoms with Gasteiger partial charge in [-0.15, -0.1) is 10.2 Å². The van der Waals surface area contributed by atoms with Crippen molar-refractivity contribution in [3.63, 3.8) is 0 Å². The molecule has 0 amide bonds. The summed E-state index contributed by atoms with van der Waals surface area (Å²) < 4.78 is 12.5. The minimum absolute atomic E-state index is 0.254. The van der Waals surface area contributed by atoms with Crippen LogP contribution in [0.15, 0.2) is 80.8 Å². The van der Waals surface area contributed by atoms with E-state index in [1.165, 1.54) is 22.7 Å². The molecule has 130 valence electrons. The van der Waals surface area contributed by atoms with Crippen molar-refractivity contribution >= 4 is 38.5 Å². The molecule has 1 heterocycles. The first-order valence-corrected chi connectivity index (χ1v) is 9.85. The highest BCUT2D eigenvalue weighted by Gasteiger charge is 2.08. The smallest absolute Gasteiger partial charge is 0.277 e. The molecule has 4 rings (SSSR count). The fraction of sp³-hybridized carbons (Fsp3) is 0.100. The molecule has 0 bridgehead atoms. The maximum atomic E-state index is 5.78. The van der Waals surface area contributed by atoms with Gasteiger partial charge in [0.05, 0.1) is 0 Å². The highest BCUT2D eigenvalue weighted by Crippen LogP contribution is 2.24. The van der Waals surface area contributed by atoms with Crippen molar-refractivity contribution in [3.8, 4) is 5.75 Å². The number of fused-ring (bicyclic) bond motifs is 1. The number of hydrogen-bond donors (Lipinski definition) is 0. The molecule has 6 heteroatoms. The summed E-state index contributed by atoms with van der Waals surface area (Å²) in [5, 5.41) is 11.0. The van der Waals surface area contributed by atoms with Crippen LogP contribution in [0, 0.1) is 0 Å². The normalized spacial score (nSPS) is 11.0. The molecule has 4 nitrogen and oxygen atoms in total. The summed E-state index contributed by atoms with van der Waals surface area (Å²) in [6, 6.07) is 22.3. The van der Waals surface area contributed by atoms with Gasteiger partial charge in [-0.2, -0.15) is 0 Å². The Morgan fingerprint density at radius 1 is 0.923 bits per heavy atom. The molecule has 4 aromatic rings. The highest BCUT2D eigenvalue weighted by molar-refractivity contribution is 9.10. The van der Waals surface area contributed by atoms with Gasteiger partial charge in [0, 0.05) is 10.2 Å². The van der Waals surface area contributed by atoms with Gasteiger partial charge in [-0.05, 0) is 40.6 Å². The topological polar surface area (TPSA) is 48.2 Å². The van der Waals surface area contributed by atoms with Gasteiger partial charge in [0.1, 0.15) is 5.75 Å². The molecule has 26 heavy (non-hydrogen) atoms. The second-order valence-corrected chi connectivity index (χ2v) is 7.52.